The van der Waals surface area contributed by atoms with Gasteiger partial charge in [-0.15, -0.1) is 0 Å². The second kappa shape index (κ2) is 13.2. The van der Waals surface area contributed by atoms with Crippen LogP contribution in [-0.4, -0.2) is 58.5 Å². The quantitative estimate of drug-likeness (QED) is 0.251. The number of aromatic nitrogens is 2. The van der Waals surface area contributed by atoms with Crippen LogP contribution in [0.5, 0.6) is 6.01 Å². The van der Waals surface area contributed by atoms with Crippen molar-refractivity contribution in [2.45, 2.75) is 38.1 Å². The highest BCUT2D eigenvalue weighted by molar-refractivity contribution is 5.82. The summed E-state index contributed by atoms with van der Waals surface area (Å²) in [5.41, 5.74) is 3.11. The third-order valence-corrected chi connectivity index (χ3v) is 6.96. The van der Waals surface area contributed by atoms with Gasteiger partial charge in [-0.1, -0.05) is 66.7 Å². The smallest absolute Gasteiger partial charge is 0.407 e. The Morgan fingerprint density at radius 3 is 2.46 bits per heavy atom. The van der Waals surface area contributed by atoms with Crippen LogP contribution in [0.1, 0.15) is 35.4 Å². The number of hydrogen-bond acceptors (Lipinski definition) is 6. The fourth-order valence-electron chi connectivity index (χ4n) is 4.85. The molecule has 8 heteroatoms. The number of nitrogens with zero attached hydrogens (tertiary/aromatic N) is 3. The molecule has 2 unspecified atom stereocenters. The van der Waals surface area contributed by atoms with Crippen LogP contribution in [0.4, 0.5) is 4.79 Å². The van der Waals surface area contributed by atoms with Gasteiger partial charge in [0.1, 0.15) is 0 Å². The predicted molar refractivity (Wildman–Crippen MR) is 148 cm³/mol. The summed E-state index contributed by atoms with van der Waals surface area (Å²) >= 11 is 0. The van der Waals surface area contributed by atoms with Crippen LogP contribution in [0.25, 0.3) is 10.8 Å². The van der Waals surface area contributed by atoms with Crippen LogP contribution in [0, 0.1) is 0 Å². The summed E-state index contributed by atoms with van der Waals surface area (Å²) in [5.74, 6) is -0.0125. The molecule has 3 aromatic carbocycles. The van der Waals surface area contributed by atoms with Crippen molar-refractivity contribution in [2.24, 2.45) is 0 Å². The Bertz CT molecular complexity index is 1350. The lowest BCUT2D eigenvalue weighted by atomic mass is 9.88. The maximum atomic E-state index is 11.7. The lowest BCUT2D eigenvalue weighted by molar-refractivity contribution is -0.0200. The number of ether oxygens (including phenoxy) is 3. The summed E-state index contributed by atoms with van der Waals surface area (Å²) in [4.78, 5) is 21.9. The van der Waals surface area contributed by atoms with Gasteiger partial charge in [0, 0.05) is 31.3 Å². The van der Waals surface area contributed by atoms with Crippen molar-refractivity contribution in [3.63, 3.8) is 0 Å². The van der Waals surface area contributed by atoms with E-state index in [1.807, 2.05) is 42.5 Å². The minimum atomic E-state index is -0.930. The monoisotopic (exact) mass is 527 g/mol. The van der Waals surface area contributed by atoms with Crippen molar-refractivity contribution < 1.29 is 24.1 Å². The van der Waals surface area contributed by atoms with Gasteiger partial charge in [0.25, 0.3) is 0 Å². The third-order valence-electron chi connectivity index (χ3n) is 6.96. The number of benzene rings is 3. The standard InChI is InChI=1S/C31H33N3O5/c35-31(36)34-14-13-28(29(20-34)39-22-24-11-12-25-9-4-5-10-26(25)17-24)27-18-32-30(33-19-27)38-16-6-15-37-21-23-7-2-1-3-8-23/h1-5,7-12,17-19,28-29H,6,13-16,20-22H2,(H,35,36). The predicted octanol–water partition coefficient (Wildman–Crippen LogP) is 5.67. The van der Waals surface area contributed by atoms with Gasteiger partial charge in [0.05, 0.1) is 39.1 Å². The molecule has 1 N–H and O–H groups in total. The molecule has 1 aliphatic rings. The Morgan fingerprint density at radius 2 is 1.67 bits per heavy atom. The first-order valence-electron chi connectivity index (χ1n) is 13.3. The Balaban J connectivity index is 1.14. The molecule has 4 aromatic rings. The topological polar surface area (TPSA) is 94.0 Å². The van der Waals surface area contributed by atoms with Crippen molar-refractivity contribution in [1.82, 2.24) is 14.9 Å². The third kappa shape index (κ3) is 7.31. The fraction of sp³-hybridized carbons (Fsp3) is 0.323. The highest BCUT2D eigenvalue weighted by Gasteiger charge is 2.33. The molecule has 0 saturated carbocycles. The largest absolute Gasteiger partial charge is 0.465 e. The lowest BCUT2D eigenvalue weighted by Gasteiger charge is -2.37. The highest BCUT2D eigenvalue weighted by atomic mass is 16.5. The van der Waals surface area contributed by atoms with Crippen molar-refractivity contribution in [3.05, 3.63) is 102 Å². The number of carbonyl (C=O) groups is 1. The number of likely N-dealkylation sites (tertiary alicyclic amines) is 1. The van der Waals surface area contributed by atoms with Gasteiger partial charge in [-0.2, -0.15) is 0 Å². The van der Waals surface area contributed by atoms with Gasteiger partial charge in [-0.05, 0) is 39.9 Å². The first kappa shape index (κ1) is 26.6. The maximum absolute atomic E-state index is 11.7. The van der Waals surface area contributed by atoms with Crippen LogP contribution >= 0.6 is 0 Å². The minimum absolute atomic E-state index is 0.0125. The van der Waals surface area contributed by atoms with E-state index < -0.39 is 6.09 Å². The fourth-order valence-corrected chi connectivity index (χ4v) is 4.85. The number of hydrogen-bond donors (Lipinski definition) is 1. The van der Waals surface area contributed by atoms with Gasteiger partial charge < -0.3 is 24.2 Å². The van der Waals surface area contributed by atoms with Crippen LogP contribution < -0.4 is 4.74 Å². The lowest BCUT2D eigenvalue weighted by Crippen LogP contribution is -2.46. The summed E-state index contributed by atoms with van der Waals surface area (Å²) in [6, 6.07) is 24.8. The molecule has 1 amide bonds. The normalized spacial score (nSPS) is 17.3. The van der Waals surface area contributed by atoms with Gasteiger partial charge in [-0.3, -0.25) is 0 Å². The molecule has 1 fully saturated rings. The molecule has 0 radical (unpaired) electrons. The number of amides is 1. The Labute approximate surface area is 228 Å². The van der Waals surface area contributed by atoms with E-state index in [4.69, 9.17) is 14.2 Å². The van der Waals surface area contributed by atoms with E-state index in [0.29, 0.717) is 51.9 Å². The van der Waals surface area contributed by atoms with E-state index in [2.05, 4.69) is 40.3 Å². The summed E-state index contributed by atoms with van der Waals surface area (Å²) in [6.45, 7) is 2.77. The molecular formula is C31H33N3O5. The number of fused-ring (bicyclic) bond motifs is 1. The summed E-state index contributed by atoms with van der Waals surface area (Å²) in [5, 5.41) is 11.9. The van der Waals surface area contributed by atoms with E-state index in [0.717, 1.165) is 28.5 Å². The van der Waals surface area contributed by atoms with Crippen molar-refractivity contribution in [2.75, 3.05) is 26.3 Å². The average Bonchev–Trinajstić information content (AvgIpc) is 2.98. The zero-order valence-corrected chi connectivity index (χ0v) is 21.8. The highest BCUT2D eigenvalue weighted by Crippen LogP contribution is 2.31. The number of piperidine rings is 1. The SMILES string of the molecule is O=C(O)N1CCC(c2cnc(OCCCOCc3ccccc3)nc2)C(OCc2ccc3ccccc3c2)C1. The van der Waals surface area contributed by atoms with E-state index in [-0.39, 0.29) is 12.0 Å². The number of carboxylic acid groups (broad SMARTS) is 1. The molecule has 5 rings (SSSR count). The van der Waals surface area contributed by atoms with Gasteiger partial charge in [0.2, 0.25) is 0 Å². The molecule has 1 aromatic heterocycles. The Morgan fingerprint density at radius 1 is 0.897 bits per heavy atom. The van der Waals surface area contributed by atoms with E-state index in [1.54, 1.807) is 12.4 Å². The summed E-state index contributed by atoms with van der Waals surface area (Å²) in [7, 11) is 0. The van der Waals surface area contributed by atoms with Crippen LogP contribution in [0.3, 0.4) is 0 Å². The molecule has 0 aliphatic carbocycles. The minimum Gasteiger partial charge on any atom is -0.465 e. The molecule has 1 aliphatic heterocycles. The van der Waals surface area contributed by atoms with Crippen LogP contribution in [-0.2, 0) is 22.7 Å². The molecular weight excluding hydrogens is 494 g/mol. The Kier molecular flexibility index (Phi) is 8.98. The van der Waals surface area contributed by atoms with Crippen molar-refractivity contribution >= 4 is 16.9 Å². The average molecular weight is 528 g/mol. The zero-order valence-electron chi connectivity index (χ0n) is 21.8. The van der Waals surface area contributed by atoms with Gasteiger partial charge >= 0.3 is 12.1 Å². The van der Waals surface area contributed by atoms with Crippen LogP contribution in [0.15, 0.2) is 85.2 Å². The second-order valence-corrected chi connectivity index (χ2v) is 9.69. The van der Waals surface area contributed by atoms with Gasteiger partial charge in [-0.25, -0.2) is 14.8 Å². The molecule has 1 saturated heterocycles. The van der Waals surface area contributed by atoms with Gasteiger partial charge in [0.15, 0.2) is 0 Å². The van der Waals surface area contributed by atoms with Crippen molar-refractivity contribution in [3.8, 4) is 6.01 Å². The van der Waals surface area contributed by atoms with Crippen LogP contribution in [0.2, 0.25) is 0 Å². The second-order valence-electron chi connectivity index (χ2n) is 9.69. The first-order chi connectivity index (χ1) is 19.2. The molecule has 39 heavy (non-hydrogen) atoms. The molecule has 2 heterocycles. The zero-order chi connectivity index (χ0) is 26.9. The molecule has 202 valence electrons. The maximum Gasteiger partial charge on any atom is 0.407 e. The molecule has 2 atom stereocenters. The molecule has 0 spiro atoms. The summed E-state index contributed by atoms with van der Waals surface area (Å²) in [6.07, 6.45) is 3.66. The number of rotatable bonds is 11. The molecule has 8 nitrogen and oxygen atoms in total. The summed E-state index contributed by atoms with van der Waals surface area (Å²) < 4.78 is 17.7. The van der Waals surface area contributed by atoms with Crippen molar-refractivity contribution in [1.29, 1.82) is 0 Å². The Hall–Kier alpha value is -4.01. The first-order valence-corrected chi connectivity index (χ1v) is 13.3. The van der Waals surface area contributed by atoms with E-state index in [1.165, 1.54) is 10.3 Å². The molecule has 0 bridgehead atoms. The van der Waals surface area contributed by atoms with E-state index in [9.17, 15) is 9.90 Å². The van der Waals surface area contributed by atoms with E-state index >= 15 is 0 Å².